The zero-order chi connectivity index (χ0) is 7.14. The van der Waals surface area contributed by atoms with Gasteiger partial charge in [0.15, 0.2) is 0 Å². The number of aromatic nitrogens is 2. The van der Waals surface area contributed by atoms with Crippen LogP contribution >= 0.6 is 11.8 Å². The summed E-state index contributed by atoms with van der Waals surface area (Å²) in [6.07, 6.45) is 0. The quantitative estimate of drug-likeness (QED) is 0.589. The molecule has 0 amide bonds. The molecule has 0 radical (unpaired) electrons. The maximum absolute atomic E-state index is 10.7. The molecule has 2 N–H and O–H groups in total. The second-order valence-electron chi connectivity index (χ2n) is 2.42. The molecule has 1 aliphatic rings. The highest BCUT2D eigenvalue weighted by molar-refractivity contribution is 7.99. The first-order chi connectivity index (χ1) is 4.77. The molecule has 0 saturated carbocycles. The van der Waals surface area contributed by atoms with Gasteiger partial charge in [-0.05, 0) is 6.92 Å². The number of aromatic amines is 2. The van der Waals surface area contributed by atoms with Crippen molar-refractivity contribution in [3.63, 3.8) is 0 Å². The molecule has 1 aliphatic heterocycles. The molecule has 4 heteroatoms. The fourth-order valence-corrected chi connectivity index (χ4v) is 2.20. The summed E-state index contributed by atoms with van der Waals surface area (Å²) >= 11 is 1.84. The lowest BCUT2D eigenvalue weighted by molar-refractivity contribution is 1.03. The van der Waals surface area contributed by atoms with Crippen LogP contribution in [0.2, 0.25) is 0 Å². The van der Waals surface area contributed by atoms with Crippen molar-refractivity contribution in [1.82, 2.24) is 9.97 Å². The average molecular weight is 156 g/mol. The number of thioether (sulfide) groups is 1. The molecule has 1 aromatic rings. The third kappa shape index (κ3) is 0.718. The van der Waals surface area contributed by atoms with E-state index < -0.39 is 0 Å². The van der Waals surface area contributed by atoms with Gasteiger partial charge in [-0.3, -0.25) is 0 Å². The van der Waals surface area contributed by atoms with Gasteiger partial charge in [0.1, 0.15) is 0 Å². The van der Waals surface area contributed by atoms with Crippen LogP contribution in [0.3, 0.4) is 0 Å². The highest BCUT2D eigenvalue weighted by Gasteiger charge is 2.21. The van der Waals surface area contributed by atoms with Gasteiger partial charge < -0.3 is 9.97 Å². The summed E-state index contributed by atoms with van der Waals surface area (Å²) in [5.74, 6) is 0.940. The molecule has 0 aromatic carbocycles. The fraction of sp³-hybridized carbons (Fsp3) is 0.500. The molecule has 1 atom stereocenters. The molecule has 0 spiro atoms. The van der Waals surface area contributed by atoms with E-state index in [-0.39, 0.29) is 5.69 Å². The number of hydrogen-bond donors (Lipinski definition) is 2. The first-order valence-corrected chi connectivity index (χ1v) is 4.25. The number of H-pyrrole nitrogens is 2. The standard InChI is InChI=1S/C6H8N2OS/c1-3-5-4(2-10-3)7-6(9)8-5/h3H,2H2,1H3,(H2,7,8,9). The van der Waals surface area contributed by atoms with E-state index in [9.17, 15) is 4.79 Å². The lowest BCUT2D eigenvalue weighted by Crippen LogP contribution is -2.02. The molecule has 10 heavy (non-hydrogen) atoms. The fourth-order valence-electron chi connectivity index (χ4n) is 1.19. The lowest BCUT2D eigenvalue weighted by Gasteiger charge is -1.95. The number of rotatable bonds is 0. The zero-order valence-corrected chi connectivity index (χ0v) is 6.42. The Bertz CT molecular complexity index is 301. The van der Waals surface area contributed by atoms with Crippen LogP contribution in [0.1, 0.15) is 23.6 Å². The van der Waals surface area contributed by atoms with Gasteiger partial charge in [-0.15, -0.1) is 11.8 Å². The van der Waals surface area contributed by atoms with Crippen molar-refractivity contribution < 1.29 is 0 Å². The number of imidazole rings is 1. The van der Waals surface area contributed by atoms with Gasteiger partial charge >= 0.3 is 5.69 Å². The van der Waals surface area contributed by atoms with Gasteiger partial charge in [0.2, 0.25) is 0 Å². The van der Waals surface area contributed by atoms with Gasteiger partial charge in [0.05, 0.1) is 5.69 Å². The summed E-state index contributed by atoms with van der Waals surface area (Å²) in [6, 6.07) is 0. The summed E-state index contributed by atoms with van der Waals surface area (Å²) in [5.41, 5.74) is 2.08. The van der Waals surface area contributed by atoms with E-state index in [2.05, 4.69) is 16.9 Å². The van der Waals surface area contributed by atoms with Crippen molar-refractivity contribution in [2.75, 3.05) is 0 Å². The van der Waals surface area contributed by atoms with Crippen LogP contribution in [0, 0.1) is 0 Å². The summed E-state index contributed by atoms with van der Waals surface area (Å²) in [4.78, 5) is 16.3. The van der Waals surface area contributed by atoms with Gasteiger partial charge in [0.25, 0.3) is 0 Å². The maximum atomic E-state index is 10.7. The molecule has 54 valence electrons. The van der Waals surface area contributed by atoms with Crippen molar-refractivity contribution in [3.8, 4) is 0 Å². The van der Waals surface area contributed by atoms with Crippen molar-refractivity contribution in [1.29, 1.82) is 0 Å². The molecular formula is C6H8N2OS. The molecule has 1 aromatic heterocycles. The van der Waals surface area contributed by atoms with Crippen LogP contribution in [0.4, 0.5) is 0 Å². The number of nitrogens with one attached hydrogen (secondary N) is 2. The highest BCUT2D eigenvalue weighted by atomic mass is 32.2. The van der Waals surface area contributed by atoms with Crippen LogP contribution in [0.15, 0.2) is 4.79 Å². The largest absolute Gasteiger partial charge is 0.323 e. The average Bonchev–Trinajstić information content (AvgIpc) is 2.35. The minimum atomic E-state index is -0.0721. The molecular weight excluding hydrogens is 148 g/mol. The van der Waals surface area contributed by atoms with Crippen LogP contribution in [0.5, 0.6) is 0 Å². The summed E-state index contributed by atoms with van der Waals surface area (Å²) in [5, 5.41) is 0.453. The lowest BCUT2D eigenvalue weighted by atomic mass is 10.3. The van der Waals surface area contributed by atoms with E-state index in [1.54, 1.807) is 0 Å². The summed E-state index contributed by atoms with van der Waals surface area (Å²) < 4.78 is 0. The molecule has 0 fully saturated rings. The Morgan fingerprint density at radius 1 is 1.60 bits per heavy atom. The molecule has 0 saturated heterocycles. The van der Waals surface area contributed by atoms with Crippen LogP contribution in [-0.4, -0.2) is 9.97 Å². The number of fused-ring (bicyclic) bond motifs is 1. The van der Waals surface area contributed by atoms with Gasteiger partial charge in [-0.1, -0.05) is 0 Å². The number of hydrogen-bond acceptors (Lipinski definition) is 2. The van der Waals surface area contributed by atoms with Gasteiger partial charge in [-0.25, -0.2) is 4.79 Å². The Morgan fingerprint density at radius 2 is 2.40 bits per heavy atom. The predicted octanol–water partition coefficient (Wildman–Crippen LogP) is 1.01. The third-order valence-electron chi connectivity index (χ3n) is 1.72. The topological polar surface area (TPSA) is 48.6 Å². The van der Waals surface area contributed by atoms with E-state index in [1.165, 1.54) is 0 Å². The van der Waals surface area contributed by atoms with Crippen LogP contribution in [0.25, 0.3) is 0 Å². The van der Waals surface area contributed by atoms with E-state index in [0.717, 1.165) is 17.1 Å². The smallest absolute Gasteiger partial charge is 0.309 e. The molecule has 2 rings (SSSR count). The second kappa shape index (κ2) is 1.92. The molecule has 3 nitrogen and oxygen atoms in total. The van der Waals surface area contributed by atoms with Crippen LogP contribution < -0.4 is 5.69 Å². The minimum Gasteiger partial charge on any atom is -0.309 e. The van der Waals surface area contributed by atoms with Crippen molar-refractivity contribution in [2.24, 2.45) is 0 Å². The SMILES string of the molecule is CC1SCc2[nH]c(=O)[nH]c21. The van der Waals surface area contributed by atoms with E-state index in [0.29, 0.717) is 5.25 Å². The molecule has 1 unspecified atom stereocenters. The Balaban J connectivity index is 2.59. The Morgan fingerprint density at radius 3 is 3.10 bits per heavy atom. The minimum absolute atomic E-state index is 0.0721. The molecule has 0 aliphatic carbocycles. The second-order valence-corrected chi connectivity index (χ2v) is 3.75. The van der Waals surface area contributed by atoms with E-state index in [4.69, 9.17) is 0 Å². The monoisotopic (exact) mass is 156 g/mol. The van der Waals surface area contributed by atoms with Crippen molar-refractivity contribution >= 4 is 11.8 Å². The first-order valence-electron chi connectivity index (χ1n) is 3.20. The zero-order valence-electron chi connectivity index (χ0n) is 5.60. The van der Waals surface area contributed by atoms with Gasteiger partial charge in [-0.2, -0.15) is 0 Å². The van der Waals surface area contributed by atoms with Gasteiger partial charge in [0, 0.05) is 16.7 Å². The maximum Gasteiger partial charge on any atom is 0.323 e. The first kappa shape index (κ1) is 6.09. The van der Waals surface area contributed by atoms with Crippen molar-refractivity contribution in [3.05, 3.63) is 21.9 Å². The van der Waals surface area contributed by atoms with Crippen LogP contribution in [-0.2, 0) is 5.75 Å². The third-order valence-corrected chi connectivity index (χ3v) is 2.91. The summed E-state index contributed by atoms with van der Waals surface area (Å²) in [6.45, 7) is 2.10. The Hall–Kier alpha value is -0.640. The Labute approximate surface area is 62.2 Å². The predicted molar refractivity (Wildman–Crippen MR) is 41.1 cm³/mol. The summed E-state index contributed by atoms with van der Waals surface area (Å²) in [7, 11) is 0. The van der Waals surface area contributed by atoms with Crippen molar-refractivity contribution in [2.45, 2.75) is 17.9 Å². The Kier molecular flexibility index (Phi) is 1.17. The van der Waals surface area contributed by atoms with E-state index >= 15 is 0 Å². The highest BCUT2D eigenvalue weighted by Crippen LogP contribution is 2.37. The van der Waals surface area contributed by atoms with E-state index in [1.807, 2.05) is 11.8 Å². The molecule has 0 bridgehead atoms. The molecule has 2 heterocycles. The normalized spacial score (nSPS) is 23.1.